The zero-order chi connectivity index (χ0) is 15.5. The molecule has 0 radical (unpaired) electrons. The molecule has 0 unspecified atom stereocenters. The molecule has 0 bridgehead atoms. The van der Waals surface area contributed by atoms with E-state index in [1.807, 2.05) is 18.2 Å². The molecule has 0 saturated carbocycles. The van der Waals surface area contributed by atoms with Crippen LogP contribution in [-0.2, 0) is 0 Å². The van der Waals surface area contributed by atoms with Crippen LogP contribution in [0.25, 0.3) is 11.3 Å². The van der Waals surface area contributed by atoms with Crippen molar-refractivity contribution >= 4 is 23.2 Å². The summed E-state index contributed by atoms with van der Waals surface area (Å²) in [6, 6.07) is 10.9. The lowest BCUT2D eigenvalue weighted by Crippen LogP contribution is -2.12. The summed E-state index contributed by atoms with van der Waals surface area (Å²) in [5.41, 5.74) is 2.56. The second kappa shape index (κ2) is 5.99. The number of carbonyl (C=O) groups is 1. The minimum absolute atomic E-state index is 0.0715. The van der Waals surface area contributed by atoms with Crippen molar-refractivity contribution < 1.29 is 9.18 Å². The van der Waals surface area contributed by atoms with Crippen LogP contribution in [0.2, 0.25) is 5.02 Å². The Morgan fingerprint density at radius 1 is 1.23 bits per heavy atom. The highest BCUT2D eigenvalue weighted by Gasteiger charge is 2.11. The second-order valence-electron chi connectivity index (χ2n) is 4.62. The first-order valence-corrected chi connectivity index (χ1v) is 6.86. The average molecular weight is 316 g/mol. The third kappa shape index (κ3) is 2.99. The first-order valence-electron chi connectivity index (χ1n) is 6.49. The minimum atomic E-state index is -0.484. The third-order valence-corrected chi connectivity index (χ3v) is 3.42. The van der Waals surface area contributed by atoms with E-state index in [-0.39, 0.29) is 10.6 Å². The fourth-order valence-corrected chi connectivity index (χ4v) is 2.30. The van der Waals surface area contributed by atoms with E-state index in [0.29, 0.717) is 5.69 Å². The monoisotopic (exact) mass is 315 g/mol. The Hall–Kier alpha value is -2.66. The number of amides is 1. The number of hydrogen-bond acceptors (Lipinski definition) is 2. The van der Waals surface area contributed by atoms with Crippen molar-refractivity contribution in [2.45, 2.75) is 0 Å². The van der Waals surface area contributed by atoms with Gasteiger partial charge in [-0.25, -0.2) is 9.37 Å². The number of hydrogen-bond donors (Lipinski definition) is 2. The van der Waals surface area contributed by atoms with Gasteiger partial charge in [-0.2, -0.15) is 0 Å². The van der Waals surface area contributed by atoms with Crippen molar-refractivity contribution in [3.63, 3.8) is 0 Å². The highest BCUT2D eigenvalue weighted by Crippen LogP contribution is 2.22. The maximum Gasteiger partial charge on any atom is 0.257 e. The highest BCUT2D eigenvalue weighted by atomic mass is 35.5. The van der Waals surface area contributed by atoms with Crippen LogP contribution < -0.4 is 5.32 Å². The van der Waals surface area contributed by atoms with Crippen LogP contribution in [0, 0.1) is 5.82 Å². The van der Waals surface area contributed by atoms with Crippen molar-refractivity contribution in [3.8, 4) is 11.3 Å². The molecule has 4 nitrogen and oxygen atoms in total. The molecule has 0 aliphatic heterocycles. The lowest BCUT2D eigenvalue weighted by atomic mass is 10.1. The zero-order valence-electron chi connectivity index (χ0n) is 11.3. The highest BCUT2D eigenvalue weighted by molar-refractivity contribution is 6.34. The molecule has 6 heteroatoms. The summed E-state index contributed by atoms with van der Waals surface area (Å²) in [5, 5.41) is 2.81. The summed E-state index contributed by atoms with van der Waals surface area (Å²) < 4.78 is 13.0. The number of carbonyl (C=O) groups excluding carboxylic acids is 1. The van der Waals surface area contributed by atoms with Gasteiger partial charge in [-0.05, 0) is 30.3 Å². The number of benzene rings is 2. The second-order valence-corrected chi connectivity index (χ2v) is 5.03. The zero-order valence-corrected chi connectivity index (χ0v) is 12.1. The van der Waals surface area contributed by atoms with Gasteiger partial charge in [-0.1, -0.05) is 23.7 Å². The Kier molecular flexibility index (Phi) is 3.89. The molecule has 1 heterocycles. The lowest BCUT2D eigenvalue weighted by Gasteiger charge is -2.08. The summed E-state index contributed by atoms with van der Waals surface area (Å²) in [5.74, 6) is -0.880. The van der Waals surface area contributed by atoms with Gasteiger partial charge in [-0.15, -0.1) is 0 Å². The summed E-state index contributed by atoms with van der Waals surface area (Å²) in [6.07, 6.45) is 3.27. The number of nitrogens with zero attached hydrogens (tertiary/aromatic N) is 1. The Morgan fingerprint density at radius 2 is 2.09 bits per heavy atom. The Bertz CT molecular complexity index is 818. The topological polar surface area (TPSA) is 57.8 Å². The fourth-order valence-electron chi connectivity index (χ4n) is 2.05. The molecular weight excluding hydrogens is 305 g/mol. The molecule has 3 rings (SSSR count). The van der Waals surface area contributed by atoms with Gasteiger partial charge in [-0.3, -0.25) is 4.79 Å². The Labute approximate surface area is 131 Å². The van der Waals surface area contributed by atoms with E-state index in [1.54, 1.807) is 18.6 Å². The number of imidazole rings is 1. The van der Waals surface area contributed by atoms with E-state index in [9.17, 15) is 9.18 Å². The maximum atomic E-state index is 13.0. The first-order chi connectivity index (χ1) is 10.6. The number of anilines is 1. The molecule has 2 N–H and O–H groups in total. The standard InChI is InChI=1S/C16H11ClFN3O/c17-14-7-11(18)4-5-13(14)16(22)21-12-3-1-2-10(6-12)15-8-19-9-20-15/h1-9H,(H,19,20)(H,21,22). The van der Waals surface area contributed by atoms with Crippen LogP contribution in [0.4, 0.5) is 10.1 Å². The molecule has 0 fully saturated rings. The Morgan fingerprint density at radius 3 is 2.82 bits per heavy atom. The van der Waals surface area contributed by atoms with E-state index in [4.69, 9.17) is 11.6 Å². The van der Waals surface area contributed by atoms with Crippen LogP contribution in [0.5, 0.6) is 0 Å². The molecule has 0 atom stereocenters. The number of nitrogens with one attached hydrogen (secondary N) is 2. The van der Waals surface area contributed by atoms with Gasteiger partial charge in [0.15, 0.2) is 0 Å². The predicted octanol–water partition coefficient (Wildman–Crippen LogP) is 4.12. The number of H-pyrrole nitrogens is 1. The average Bonchev–Trinajstić information content (AvgIpc) is 3.01. The van der Waals surface area contributed by atoms with Crippen molar-refractivity contribution in [2.75, 3.05) is 5.32 Å². The van der Waals surface area contributed by atoms with Gasteiger partial charge in [0.2, 0.25) is 0 Å². The fraction of sp³-hybridized carbons (Fsp3) is 0. The predicted molar refractivity (Wildman–Crippen MR) is 83.4 cm³/mol. The van der Waals surface area contributed by atoms with E-state index in [1.165, 1.54) is 12.1 Å². The van der Waals surface area contributed by atoms with Crippen LogP contribution in [0.1, 0.15) is 10.4 Å². The molecule has 0 aliphatic carbocycles. The minimum Gasteiger partial charge on any atom is -0.345 e. The SMILES string of the molecule is O=C(Nc1cccc(-c2cnc[nH]2)c1)c1ccc(F)cc1Cl. The molecule has 3 aromatic rings. The van der Waals surface area contributed by atoms with E-state index >= 15 is 0 Å². The first kappa shape index (κ1) is 14.3. The molecule has 0 spiro atoms. The van der Waals surface area contributed by atoms with Crippen LogP contribution in [0.3, 0.4) is 0 Å². The smallest absolute Gasteiger partial charge is 0.257 e. The van der Waals surface area contributed by atoms with Gasteiger partial charge < -0.3 is 10.3 Å². The van der Waals surface area contributed by atoms with Gasteiger partial charge in [0.1, 0.15) is 5.82 Å². The molecule has 110 valence electrons. The number of aromatic amines is 1. The van der Waals surface area contributed by atoms with Crippen LogP contribution in [0.15, 0.2) is 55.0 Å². The number of aromatic nitrogens is 2. The largest absolute Gasteiger partial charge is 0.345 e. The number of halogens is 2. The Balaban J connectivity index is 1.84. The van der Waals surface area contributed by atoms with E-state index < -0.39 is 11.7 Å². The lowest BCUT2D eigenvalue weighted by molar-refractivity contribution is 0.102. The van der Waals surface area contributed by atoms with Crippen LogP contribution >= 0.6 is 11.6 Å². The molecule has 2 aromatic carbocycles. The van der Waals surface area contributed by atoms with Gasteiger partial charge in [0.25, 0.3) is 5.91 Å². The summed E-state index contributed by atoms with van der Waals surface area (Å²) in [6.45, 7) is 0. The van der Waals surface area contributed by atoms with Crippen molar-refractivity contribution in [3.05, 3.63) is 71.4 Å². The normalized spacial score (nSPS) is 10.5. The van der Waals surface area contributed by atoms with Crippen molar-refractivity contribution in [1.82, 2.24) is 9.97 Å². The van der Waals surface area contributed by atoms with Crippen molar-refractivity contribution in [2.24, 2.45) is 0 Å². The quantitative estimate of drug-likeness (QED) is 0.763. The van der Waals surface area contributed by atoms with E-state index in [0.717, 1.165) is 17.3 Å². The summed E-state index contributed by atoms with van der Waals surface area (Å²) in [7, 11) is 0. The van der Waals surface area contributed by atoms with Crippen LogP contribution in [-0.4, -0.2) is 15.9 Å². The van der Waals surface area contributed by atoms with Gasteiger partial charge in [0, 0.05) is 11.3 Å². The third-order valence-electron chi connectivity index (χ3n) is 3.11. The molecule has 0 saturated heterocycles. The summed E-state index contributed by atoms with van der Waals surface area (Å²) in [4.78, 5) is 19.2. The molecule has 1 aromatic heterocycles. The van der Waals surface area contributed by atoms with E-state index in [2.05, 4.69) is 15.3 Å². The maximum absolute atomic E-state index is 13.0. The molecule has 22 heavy (non-hydrogen) atoms. The molecule has 1 amide bonds. The van der Waals surface area contributed by atoms with Gasteiger partial charge >= 0.3 is 0 Å². The van der Waals surface area contributed by atoms with Crippen molar-refractivity contribution in [1.29, 1.82) is 0 Å². The van der Waals surface area contributed by atoms with Gasteiger partial charge in [0.05, 0.1) is 28.8 Å². The summed E-state index contributed by atoms with van der Waals surface area (Å²) >= 11 is 5.89. The molecule has 0 aliphatic rings. The number of rotatable bonds is 3. The molecular formula is C16H11ClFN3O.